The van der Waals surface area contributed by atoms with Crippen LogP contribution in [-0.2, 0) is 9.47 Å². The maximum atomic E-state index is 12.7. The molecule has 0 unspecified atom stereocenters. The number of hydrogen-bond donors (Lipinski definition) is 2. The largest absolute Gasteiger partial charge is 0.480 e. The number of methoxy groups -OCH3 is 1. The van der Waals surface area contributed by atoms with E-state index < -0.39 is 41.9 Å². The molecular formula is C33H34O8. The summed E-state index contributed by atoms with van der Waals surface area (Å²) in [5, 5.41) is 22.4. The third kappa shape index (κ3) is 5.13. The van der Waals surface area contributed by atoms with Crippen LogP contribution >= 0.6 is 0 Å². The molecule has 0 amide bonds. The Hall–Kier alpha value is -3.69. The molecule has 0 radical (unpaired) electrons. The van der Waals surface area contributed by atoms with E-state index >= 15 is 0 Å². The van der Waals surface area contributed by atoms with Crippen molar-refractivity contribution in [3.63, 3.8) is 0 Å². The molecule has 1 aliphatic carbocycles. The van der Waals surface area contributed by atoms with Gasteiger partial charge in [-0.3, -0.25) is 0 Å². The van der Waals surface area contributed by atoms with Gasteiger partial charge in [0, 0.05) is 12.7 Å². The highest BCUT2D eigenvalue weighted by atomic mass is 16.7. The van der Waals surface area contributed by atoms with E-state index in [0.717, 1.165) is 24.0 Å². The van der Waals surface area contributed by atoms with Gasteiger partial charge in [0.15, 0.2) is 0 Å². The van der Waals surface area contributed by atoms with Crippen molar-refractivity contribution < 1.29 is 33.6 Å². The number of ether oxygens (including phenoxy) is 4. The van der Waals surface area contributed by atoms with Crippen molar-refractivity contribution in [3.8, 4) is 11.5 Å². The van der Waals surface area contributed by atoms with Gasteiger partial charge in [-0.1, -0.05) is 73.5 Å². The van der Waals surface area contributed by atoms with Gasteiger partial charge in [-0.2, -0.15) is 0 Å². The SMILES string of the molecule is CO[C@H]1[C@H](O)[C@H](O)[C@@H](Oc2ccc3c(OC(c4ccccc4)c4ccccc4)cc(=O)oc3c2C)OC12CCCC2. The second-order valence-corrected chi connectivity index (χ2v) is 10.8. The van der Waals surface area contributed by atoms with Crippen LogP contribution in [0.4, 0.5) is 0 Å². The summed E-state index contributed by atoms with van der Waals surface area (Å²) in [6.45, 7) is 1.77. The van der Waals surface area contributed by atoms with Crippen molar-refractivity contribution in [1.29, 1.82) is 0 Å². The molecule has 41 heavy (non-hydrogen) atoms. The van der Waals surface area contributed by atoms with Crippen LogP contribution in [-0.4, -0.2) is 47.5 Å². The van der Waals surface area contributed by atoms with Crippen LogP contribution in [0, 0.1) is 6.92 Å². The van der Waals surface area contributed by atoms with E-state index in [1.165, 1.54) is 13.2 Å². The van der Waals surface area contributed by atoms with Crippen LogP contribution in [0.15, 0.2) is 88.1 Å². The molecule has 2 fully saturated rings. The average Bonchev–Trinajstić information content (AvgIpc) is 3.46. The molecular weight excluding hydrogens is 524 g/mol. The Labute approximate surface area is 238 Å². The van der Waals surface area contributed by atoms with Crippen LogP contribution in [0.1, 0.15) is 48.5 Å². The van der Waals surface area contributed by atoms with Crippen molar-refractivity contribution in [3.05, 3.63) is 106 Å². The van der Waals surface area contributed by atoms with E-state index in [9.17, 15) is 15.0 Å². The van der Waals surface area contributed by atoms with Gasteiger partial charge in [0.1, 0.15) is 47.1 Å². The Morgan fingerprint density at radius 1 is 0.878 bits per heavy atom. The van der Waals surface area contributed by atoms with Crippen molar-refractivity contribution in [2.45, 2.75) is 68.9 Å². The fourth-order valence-electron chi connectivity index (χ4n) is 6.22. The molecule has 4 atom stereocenters. The highest BCUT2D eigenvalue weighted by molar-refractivity contribution is 5.87. The van der Waals surface area contributed by atoms with E-state index in [4.69, 9.17) is 23.4 Å². The van der Waals surface area contributed by atoms with Crippen LogP contribution in [0.5, 0.6) is 11.5 Å². The van der Waals surface area contributed by atoms with Crippen molar-refractivity contribution in [1.82, 2.24) is 0 Å². The third-order valence-corrected chi connectivity index (χ3v) is 8.28. The summed E-state index contributed by atoms with van der Waals surface area (Å²) >= 11 is 0. The Morgan fingerprint density at radius 2 is 1.51 bits per heavy atom. The van der Waals surface area contributed by atoms with Gasteiger partial charge in [0.25, 0.3) is 0 Å². The predicted molar refractivity (Wildman–Crippen MR) is 152 cm³/mol. The molecule has 1 saturated carbocycles. The number of rotatable bonds is 7. The Morgan fingerprint density at radius 3 is 2.12 bits per heavy atom. The Balaban J connectivity index is 1.34. The van der Waals surface area contributed by atoms with Crippen LogP contribution in [0.25, 0.3) is 11.0 Å². The summed E-state index contributed by atoms with van der Waals surface area (Å²) in [6, 6.07) is 24.5. The summed E-state index contributed by atoms with van der Waals surface area (Å²) in [6.07, 6.45) is -1.48. The second kappa shape index (κ2) is 11.3. The highest BCUT2D eigenvalue weighted by Gasteiger charge is 2.56. The van der Waals surface area contributed by atoms with E-state index in [2.05, 4.69) is 0 Å². The van der Waals surface area contributed by atoms with Gasteiger partial charge in [-0.05, 0) is 43.0 Å². The van der Waals surface area contributed by atoms with Crippen molar-refractivity contribution in [2.75, 3.05) is 7.11 Å². The number of benzene rings is 3. The molecule has 2 N–H and O–H groups in total. The molecule has 1 aliphatic heterocycles. The predicted octanol–water partition coefficient (Wildman–Crippen LogP) is 5.05. The molecule has 1 spiro atoms. The van der Waals surface area contributed by atoms with Crippen LogP contribution < -0.4 is 15.1 Å². The van der Waals surface area contributed by atoms with Crippen LogP contribution in [0.3, 0.4) is 0 Å². The molecule has 8 nitrogen and oxygen atoms in total. The van der Waals surface area contributed by atoms with Gasteiger partial charge >= 0.3 is 5.63 Å². The van der Waals surface area contributed by atoms with E-state index in [1.54, 1.807) is 19.1 Å². The molecule has 2 heterocycles. The molecule has 4 aromatic rings. The fourth-order valence-corrected chi connectivity index (χ4v) is 6.22. The minimum Gasteiger partial charge on any atom is -0.480 e. The molecule has 0 bridgehead atoms. The molecule has 1 saturated heterocycles. The summed E-state index contributed by atoms with van der Waals surface area (Å²) in [5.74, 6) is 0.738. The van der Waals surface area contributed by atoms with Gasteiger partial charge < -0.3 is 33.6 Å². The summed E-state index contributed by atoms with van der Waals surface area (Å²) in [4.78, 5) is 12.7. The molecule has 8 heteroatoms. The minimum absolute atomic E-state index is 0.307. The van der Waals surface area contributed by atoms with Gasteiger partial charge in [0.05, 0.1) is 11.5 Å². The minimum atomic E-state index is -1.33. The van der Waals surface area contributed by atoms with Crippen LogP contribution in [0.2, 0.25) is 0 Å². The lowest BCUT2D eigenvalue weighted by Gasteiger charge is -2.48. The quantitative estimate of drug-likeness (QED) is 0.304. The fraction of sp³-hybridized carbons (Fsp3) is 0.364. The maximum Gasteiger partial charge on any atom is 0.339 e. The van der Waals surface area contributed by atoms with E-state index in [-0.39, 0.29) is 0 Å². The number of fused-ring (bicyclic) bond motifs is 1. The monoisotopic (exact) mass is 558 g/mol. The number of aryl methyl sites for hydroxylation is 1. The third-order valence-electron chi connectivity index (χ3n) is 8.28. The van der Waals surface area contributed by atoms with Crippen molar-refractivity contribution in [2.24, 2.45) is 0 Å². The first-order valence-electron chi connectivity index (χ1n) is 14.0. The van der Waals surface area contributed by atoms with Crippen molar-refractivity contribution >= 4 is 11.0 Å². The van der Waals surface area contributed by atoms with E-state index in [0.29, 0.717) is 40.9 Å². The summed E-state index contributed by atoms with van der Waals surface area (Å²) in [5.41, 5.74) is 1.43. The zero-order chi connectivity index (χ0) is 28.6. The second-order valence-electron chi connectivity index (χ2n) is 10.8. The topological polar surface area (TPSA) is 108 Å². The van der Waals surface area contributed by atoms with Gasteiger partial charge in [0.2, 0.25) is 6.29 Å². The number of hydrogen-bond acceptors (Lipinski definition) is 8. The lowest BCUT2D eigenvalue weighted by atomic mass is 9.85. The normalized spacial score (nSPS) is 23.7. The first kappa shape index (κ1) is 27.5. The first-order valence-corrected chi connectivity index (χ1v) is 14.0. The lowest BCUT2D eigenvalue weighted by Crippen LogP contribution is -2.65. The maximum absolute atomic E-state index is 12.7. The zero-order valence-corrected chi connectivity index (χ0v) is 23.1. The Bertz CT molecular complexity index is 1510. The molecule has 2 aliphatic rings. The Kier molecular flexibility index (Phi) is 7.57. The molecule has 214 valence electrons. The average molecular weight is 559 g/mol. The number of aliphatic hydroxyl groups is 2. The molecule has 3 aromatic carbocycles. The standard InChI is InChI=1S/C33H34O8/c1-20-24(39-32-28(36)27(35)31(37-2)33(41-32)17-9-10-18-33)16-15-23-25(19-26(34)40-29(20)23)38-30(21-11-5-3-6-12-21)22-13-7-4-8-14-22/h3-8,11-16,19,27-28,30-32,35-36H,9-10,17-18H2,1-2H3/t27-,28+,31+,32+/m1/s1. The molecule has 6 rings (SSSR count). The highest BCUT2D eigenvalue weighted by Crippen LogP contribution is 2.44. The summed E-state index contributed by atoms with van der Waals surface area (Å²) < 4.78 is 30.2. The summed E-state index contributed by atoms with van der Waals surface area (Å²) in [7, 11) is 1.51. The number of aliphatic hydroxyl groups excluding tert-OH is 2. The van der Waals surface area contributed by atoms with Gasteiger partial charge in [-0.25, -0.2) is 4.79 Å². The lowest BCUT2D eigenvalue weighted by molar-refractivity contribution is -0.314. The smallest absolute Gasteiger partial charge is 0.339 e. The van der Waals surface area contributed by atoms with E-state index in [1.807, 2.05) is 60.7 Å². The zero-order valence-electron chi connectivity index (χ0n) is 23.1. The molecule has 1 aromatic heterocycles. The first-order chi connectivity index (χ1) is 19.9. The van der Waals surface area contributed by atoms with Gasteiger partial charge in [-0.15, -0.1) is 0 Å².